The number of fused-ring (bicyclic) bond motifs is 6. The van der Waals surface area contributed by atoms with Crippen LogP contribution >= 0.6 is 0 Å². The summed E-state index contributed by atoms with van der Waals surface area (Å²) in [5.74, 6) is -8.96. The molecule has 6 saturated heterocycles. The van der Waals surface area contributed by atoms with Crippen LogP contribution in [0.1, 0.15) is 42.8 Å². The van der Waals surface area contributed by atoms with Gasteiger partial charge >= 0.3 is 18.5 Å². The minimum absolute atomic E-state index is 0.00278. The molecule has 26 atom stereocenters. The van der Waals surface area contributed by atoms with E-state index in [-0.39, 0.29) is 73.2 Å². The molecule has 10 aromatic heterocycles. The first kappa shape index (κ1) is 108. The molecule has 62 nitrogen and oxygen atoms in total. The van der Waals surface area contributed by atoms with Crippen LogP contribution in [0.15, 0.2) is 178 Å². The van der Waals surface area contributed by atoms with Crippen molar-refractivity contribution in [3.63, 3.8) is 0 Å². The summed E-state index contributed by atoms with van der Waals surface area (Å²) < 4.78 is 160. The molecule has 0 bridgehead atoms. The highest BCUT2D eigenvalue weighted by molar-refractivity contribution is 5.84. The van der Waals surface area contributed by atoms with Crippen molar-refractivity contribution in [1.29, 1.82) is 27.7 Å². The van der Waals surface area contributed by atoms with Gasteiger partial charge in [-0.2, -0.15) is 39.5 Å². The molecule has 776 valence electrons. The van der Waals surface area contributed by atoms with Crippen LogP contribution in [0.4, 0.5) is 45.2 Å². The summed E-state index contributed by atoms with van der Waals surface area (Å²) in [4.78, 5) is 116. The quantitative estimate of drug-likeness (QED) is 0.0129. The second kappa shape index (κ2) is 42.0. The number of aromatic amines is 4. The maximum atomic E-state index is 13.6. The van der Waals surface area contributed by atoms with Crippen LogP contribution in [0.3, 0.4) is 0 Å². The van der Waals surface area contributed by atoms with Crippen LogP contribution in [0, 0.1) is 77.0 Å². The average molecular weight is 2070 g/mol. The van der Waals surface area contributed by atoms with E-state index in [1.54, 1.807) is 24.1 Å². The molecule has 25 N–H and O–H groups in total. The largest absolute Gasteiger partial charge is 0.400 e. The van der Waals surface area contributed by atoms with E-state index >= 15 is 0 Å². The lowest BCUT2D eigenvalue weighted by atomic mass is 9.95. The highest BCUT2D eigenvalue weighted by atomic mass is 19.4. The summed E-state index contributed by atoms with van der Waals surface area (Å²) in [5.41, 5.74) is 41.1. The number of hydrogen-bond donors (Lipinski definition) is 23. The van der Waals surface area contributed by atoms with Gasteiger partial charge in [-0.05, 0) is 31.5 Å². The monoisotopic (exact) mass is 2070 g/mol. The van der Waals surface area contributed by atoms with E-state index in [1.807, 2.05) is 0 Å². The number of nitrogen functional groups attached to an aromatic ring is 1. The number of aliphatic imine (C=N–C) groups is 2. The molecule has 146 heavy (non-hydrogen) atoms. The van der Waals surface area contributed by atoms with E-state index in [1.165, 1.54) is 84.0 Å². The van der Waals surface area contributed by atoms with Crippen LogP contribution in [0.25, 0.3) is 66.3 Å². The van der Waals surface area contributed by atoms with Crippen molar-refractivity contribution >= 4 is 74.1 Å². The van der Waals surface area contributed by atoms with Crippen molar-refractivity contribution < 1.29 is 129 Å². The number of H-pyrrole nitrogens is 4. The number of aliphatic hydroxyl groups is 12. The number of dihydropyridines is 1. The number of anilines is 1. The van der Waals surface area contributed by atoms with E-state index in [4.69, 9.17) is 73.1 Å². The van der Waals surface area contributed by atoms with E-state index < -0.39 is 225 Å². The zero-order valence-corrected chi connectivity index (χ0v) is 74.7. The van der Waals surface area contributed by atoms with Gasteiger partial charge in [-0.15, -0.1) is 19.7 Å². The van der Waals surface area contributed by atoms with Gasteiger partial charge in [0.25, 0.3) is 39.7 Å². The molecule has 71 heteroatoms. The van der Waals surface area contributed by atoms with Crippen LogP contribution < -0.4 is 58.0 Å². The molecule has 0 aliphatic carbocycles. The van der Waals surface area contributed by atoms with Crippen LogP contribution in [-0.4, -0.2) is 309 Å². The van der Waals surface area contributed by atoms with Gasteiger partial charge in [0.15, 0.2) is 95.2 Å². The summed E-state index contributed by atoms with van der Waals surface area (Å²) in [6, 6.07) is 3.59. The average Bonchev–Trinajstić information content (AvgIpc) is 1.59. The minimum atomic E-state index is -4.97. The summed E-state index contributed by atoms with van der Waals surface area (Å²) in [7, 11) is 0. The standard InChI is InChI=1S/C13H15N7O4.C13H17N7O3.C13H14N6O4.C12H12F3N7O4.C12H13F3N7O3.C12H11F3N6O4/c1-3-7-9(22)13(4-21,18-19-14)24-12(7)20-5-15-8-10(20)16-6(2)17-11(8)23;1-2-7-10(22)13(5-21,18-19-15)23-12(7)20-6-17-9-8(14)3-4-16-11(9)20;1-2-7-10(22)13(5-20,17-18-14)23-12(7)19-6-16-9-8(21)3-4-15-11(9)19;1-4-18-8-6(9(25)19-4)17-3-22(8)10-5(12(13,14)15)7(24)11(2-23,26-10)20-21-16;13-12(14,15)6-8(24)11(3-23,20-21-17)25-10(6)22-4-19-7-5(16)1-2-18-9(7)22;13-12(14,15)6-8(24)11(3-22,19-20-16)25-10(6)21-4-18-7-5(23)1-2-17-9(7)21/h3,5,7,9,12,14,21-22H,1,4H2,2H3;2-4,6-7,9-12,21-22H,1,5,14H2;2-4,6-7,10,12,14,20,22H,1,5H2;3,5,7,10,16,23-24H,2H2,1H3;1-2,4,6,8,10,17,23-24H,3H2,(H2,16,18);1-2,4,6,8,10,16,22,24H,3H2/q;;;;+1;/p+4/t7-,9-,12+,13+;7-,9?,10-,11?,12+,13+;7-,10-,12+,13+;5-,7-,10+,11+;2*6-,8-,10+,11+/m000000/s1. The van der Waals surface area contributed by atoms with Crippen molar-refractivity contribution in [3.8, 4) is 0 Å². The topological polar surface area (TPSA) is 938 Å². The van der Waals surface area contributed by atoms with E-state index in [0.29, 0.717) is 17.2 Å². The molecule has 18 heterocycles. The highest BCUT2D eigenvalue weighted by Gasteiger charge is 2.71. The van der Waals surface area contributed by atoms with Gasteiger partial charge < -0.3 is 126 Å². The van der Waals surface area contributed by atoms with E-state index in [9.17, 15) is 120 Å². The predicted molar refractivity (Wildman–Crippen MR) is 463 cm³/mol. The Morgan fingerprint density at radius 3 is 1.15 bits per heavy atom. The molecular formula is C75H86F9N40O22+5. The number of aryl methyl sites for hydroxylation is 2. The fourth-order valence-corrected chi connectivity index (χ4v) is 17.3. The second-order valence-electron chi connectivity index (χ2n) is 32.7. The lowest BCUT2D eigenvalue weighted by Crippen LogP contribution is -2.47. The van der Waals surface area contributed by atoms with Crippen molar-refractivity contribution in [1.82, 2.24) is 112 Å². The maximum absolute atomic E-state index is 13.6. The molecule has 18 rings (SSSR count). The number of hydrogen-bond acceptors (Lipinski definition) is 46. The summed E-state index contributed by atoms with van der Waals surface area (Å²) in [6.07, 6.45) is -15.4. The van der Waals surface area contributed by atoms with E-state index in [2.05, 4.69) is 150 Å². The van der Waals surface area contributed by atoms with Crippen LogP contribution in [0.5, 0.6) is 0 Å². The zero-order chi connectivity index (χ0) is 107. The molecule has 0 radical (unpaired) electrons. The Kier molecular flexibility index (Phi) is 30.9. The van der Waals surface area contributed by atoms with Crippen LogP contribution in [-0.2, 0) is 28.4 Å². The van der Waals surface area contributed by atoms with Gasteiger partial charge in [0.2, 0.25) is 35.4 Å². The van der Waals surface area contributed by atoms with Gasteiger partial charge in [-0.25, -0.2) is 39.9 Å². The number of nitrogens with two attached hydrogens (primary N) is 2. The molecule has 0 spiro atoms. The Morgan fingerprint density at radius 2 is 0.774 bits per heavy atom. The lowest BCUT2D eigenvalue weighted by Gasteiger charge is -2.33. The number of pyridine rings is 3. The number of alkyl halides is 9. The Labute approximate surface area is 802 Å². The van der Waals surface area contributed by atoms with Gasteiger partial charge in [0, 0.05) is 47.5 Å². The Balaban J connectivity index is 0.000000147. The first-order valence-corrected chi connectivity index (χ1v) is 42.0. The van der Waals surface area contributed by atoms with Crippen molar-refractivity contribution in [2.45, 2.75) is 153 Å². The summed E-state index contributed by atoms with van der Waals surface area (Å²) in [6.45, 7) is 8.66. The normalized spacial score (nSPS) is 31.5. The first-order chi connectivity index (χ1) is 69.3. The second-order valence-corrected chi connectivity index (χ2v) is 32.7. The molecule has 8 aliphatic heterocycles. The third kappa shape index (κ3) is 19.1. The number of aliphatic hydroxyl groups excluding tert-OH is 12. The zero-order valence-electron chi connectivity index (χ0n) is 74.7. The lowest BCUT2D eigenvalue weighted by molar-refractivity contribution is -0.211. The SMILES string of the molecule is C=C[C@@H]1[C@H](N2C=NC3C(N)=CC=NC32)O[C@@](CO)(N=[N+]=[N-])[C@H]1O.C=C[C@@H]1[C@H](n2cnc3c(=O)[nH]c(C)nc32)O[C@@](CO)(N=[N+]=N)[C@H]1O.C=C[C@@H]1[C@H](n2cnc3c(=O)cc[nH]c32)O[C@@](CO)(N=[N+]=N)[C@H]1O.Cc1nc2c(ncn2[C@@H]2O[C@@](CO)(N=[N+]=N)[C@@H](O)[C@@H]2C(F)(F)F)c(=O)[nH]1.N=[N+]=N[C@]1(CO)O[C@@H](n2cnc3c(=O)cc[nH]c32)[C@@H](C(F)(F)F)[C@@H]1O.N=[N+]=N[C@]1(CO)O[C@@H](n2cnc3c(N)ccnc32)[C@@H](C(F)(F)F)[C@@H]1O. The van der Waals surface area contributed by atoms with Gasteiger partial charge in [-0.1, -0.05) is 23.3 Å². The Bertz CT molecular complexity index is 7280. The third-order valence-electron chi connectivity index (χ3n) is 24.4. The van der Waals surface area contributed by atoms with Crippen LogP contribution in [0.2, 0.25) is 0 Å². The van der Waals surface area contributed by atoms with Crippen molar-refractivity contribution in [2.24, 2.45) is 81.9 Å². The molecule has 0 amide bonds. The number of halogens is 9. The predicted octanol–water partition coefficient (Wildman–Crippen LogP) is -1.43. The van der Waals surface area contributed by atoms with E-state index in [0.717, 1.165) is 38.7 Å². The number of ether oxygens (including phenoxy) is 6. The molecule has 10 aromatic rings. The smallest absolute Gasteiger partial charge is 0.398 e. The summed E-state index contributed by atoms with van der Waals surface area (Å²) in [5, 5.41) is 139. The first-order valence-electron chi connectivity index (χ1n) is 42.0. The van der Waals surface area contributed by atoms with Crippen molar-refractivity contribution in [2.75, 3.05) is 45.4 Å². The number of nitrogens with zero attached hydrogens (tertiary/aromatic N) is 29. The van der Waals surface area contributed by atoms with Gasteiger partial charge in [0.1, 0.15) is 168 Å². The third-order valence-corrected chi connectivity index (χ3v) is 24.4. The molecule has 6 fully saturated rings. The number of nitrogens with one attached hydrogen (secondary N) is 9. The number of aromatic nitrogens is 17. The molecular weight excluding hydrogens is 1980 g/mol. The van der Waals surface area contributed by atoms with Gasteiger partial charge in [0.05, 0.1) is 68.0 Å². The molecule has 0 aromatic carbocycles. The highest BCUT2D eigenvalue weighted by Crippen LogP contribution is 2.55. The number of imidazole rings is 5. The Morgan fingerprint density at radius 1 is 0.452 bits per heavy atom. The minimum Gasteiger partial charge on any atom is -0.400 e. The number of rotatable bonds is 21. The fourth-order valence-electron chi connectivity index (χ4n) is 17.3. The molecule has 2 unspecified atom stereocenters. The Hall–Kier alpha value is -15.6. The van der Waals surface area contributed by atoms with Crippen molar-refractivity contribution in [3.05, 3.63) is 181 Å². The van der Waals surface area contributed by atoms with Gasteiger partial charge in [-0.3, -0.25) is 52.0 Å². The fraction of sp³-hybridized carbons (Fsp3) is 0.493. The summed E-state index contributed by atoms with van der Waals surface area (Å²) >= 11 is 0. The molecule has 8 aliphatic rings. The number of allylic oxidation sites excluding steroid dienone is 1. The maximum Gasteiger partial charge on any atom is 0.398 e. The molecule has 0 saturated carbocycles. The number of azide groups is 1.